The number of pyridine rings is 1. The molecule has 0 spiro atoms. The average Bonchev–Trinajstić information content (AvgIpc) is 2.28. The summed E-state index contributed by atoms with van der Waals surface area (Å²) in [6.07, 6.45) is 1.92. The van der Waals surface area contributed by atoms with Crippen molar-refractivity contribution in [3.8, 4) is 5.88 Å². The average molecular weight is 244 g/mol. The van der Waals surface area contributed by atoms with Crippen LogP contribution < -0.4 is 10.1 Å². The first-order chi connectivity index (χ1) is 8.56. The van der Waals surface area contributed by atoms with Gasteiger partial charge in [0.05, 0.1) is 6.10 Å². The van der Waals surface area contributed by atoms with Crippen LogP contribution in [0.5, 0.6) is 5.88 Å². The molecule has 0 amide bonds. The van der Waals surface area contributed by atoms with E-state index in [1.165, 1.54) is 0 Å². The van der Waals surface area contributed by atoms with Gasteiger partial charge < -0.3 is 10.1 Å². The lowest BCUT2D eigenvalue weighted by atomic mass is 10.1. The van der Waals surface area contributed by atoms with Gasteiger partial charge in [0, 0.05) is 23.3 Å². The Bertz CT molecular complexity index is 535. The summed E-state index contributed by atoms with van der Waals surface area (Å²) in [6.45, 7) is 8.27. The molecule has 0 bridgehead atoms. The molecule has 0 fully saturated rings. The highest BCUT2D eigenvalue weighted by molar-refractivity contribution is 5.89. The zero-order chi connectivity index (χ0) is 13.1. The van der Waals surface area contributed by atoms with Crippen molar-refractivity contribution in [2.24, 2.45) is 0 Å². The molecule has 0 saturated carbocycles. The van der Waals surface area contributed by atoms with Gasteiger partial charge in [-0.15, -0.1) is 0 Å². The Kier molecular flexibility index (Phi) is 3.70. The fourth-order valence-electron chi connectivity index (χ4n) is 1.88. The highest BCUT2D eigenvalue weighted by atomic mass is 16.5. The van der Waals surface area contributed by atoms with Crippen LogP contribution in [0.4, 0.5) is 5.69 Å². The number of rotatable bonds is 4. The van der Waals surface area contributed by atoms with E-state index in [1.807, 2.05) is 19.9 Å². The van der Waals surface area contributed by atoms with Gasteiger partial charge in [0.1, 0.15) is 0 Å². The zero-order valence-corrected chi connectivity index (χ0v) is 11.4. The molecule has 0 saturated heterocycles. The van der Waals surface area contributed by atoms with E-state index in [9.17, 15) is 0 Å². The first-order valence-electron chi connectivity index (χ1n) is 6.38. The molecule has 3 nitrogen and oxygen atoms in total. The molecule has 1 aromatic heterocycles. The van der Waals surface area contributed by atoms with Gasteiger partial charge in [-0.1, -0.05) is 6.07 Å². The molecule has 2 rings (SSSR count). The van der Waals surface area contributed by atoms with Crippen LogP contribution in [-0.2, 0) is 0 Å². The number of hydrogen-bond acceptors (Lipinski definition) is 3. The summed E-state index contributed by atoms with van der Waals surface area (Å²) in [5.41, 5.74) is 1.10. The topological polar surface area (TPSA) is 34.2 Å². The van der Waals surface area contributed by atoms with Gasteiger partial charge in [0.2, 0.25) is 5.88 Å². The molecule has 1 aromatic carbocycles. The fraction of sp³-hybridized carbons (Fsp3) is 0.400. The first kappa shape index (κ1) is 12.7. The number of nitrogens with one attached hydrogen (secondary N) is 1. The smallest absolute Gasteiger partial charge is 0.221 e. The lowest BCUT2D eigenvalue weighted by Gasteiger charge is -2.14. The van der Waals surface area contributed by atoms with E-state index in [1.54, 1.807) is 6.20 Å². The van der Waals surface area contributed by atoms with Crippen molar-refractivity contribution in [1.82, 2.24) is 4.98 Å². The molecule has 0 unspecified atom stereocenters. The molecule has 0 radical (unpaired) electrons. The summed E-state index contributed by atoms with van der Waals surface area (Å²) in [5, 5.41) is 5.59. The third-order valence-corrected chi connectivity index (χ3v) is 2.53. The summed E-state index contributed by atoms with van der Waals surface area (Å²) in [5.74, 6) is 0.704. The predicted molar refractivity (Wildman–Crippen MR) is 76.3 cm³/mol. The van der Waals surface area contributed by atoms with E-state index in [4.69, 9.17) is 4.74 Å². The van der Waals surface area contributed by atoms with E-state index < -0.39 is 0 Å². The Morgan fingerprint density at radius 3 is 2.56 bits per heavy atom. The Morgan fingerprint density at radius 2 is 1.89 bits per heavy atom. The van der Waals surface area contributed by atoms with Crippen LogP contribution in [0.1, 0.15) is 27.7 Å². The molecule has 0 atom stereocenters. The molecule has 2 aromatic rings. The molecule has 0 aliphatic carbocycles. The second-order valence-corrected chi connectivity index (χ2v) is 5.02. The Labute approximate surface area is 108 Å². The van der Waals surface area contributed by atoms with Crippen molar-refractivity contribution < 1.29 is 4.74 Å². The van der Waals surface area contributed by atoms with Crippen LogP contribution in [0, 0.1) is 0 Å². The van der Waals surface area contributed by atoms with Crippen LogP contribution in [-0.4, -0.2) is 17.1 Å². The van der Waals surface area contributed by atoms with Gasteiger partial charge in [-0.25, -0.2) is 4.98 Å². The number of aromatic nitrogens is 1. The minimum absolute atomic E-state index is 0.129. The van der Waals surface area contributed by atoms with Crippen molar-refractivity contribution in [3.05, 3.63) is 30.5 Å². The van der Waals surface area contributed by atoms with Crippen molar-refractivity contribution in [3.63, 3.8) is 0 Å². The number of fused-ring (bicyclic) bond motifs is 1. The second kappa shape index (κ2) is 5.25. The number of benzene rings is 1. The van der Waals surface area contributed by atoms with Crippen molar-refractivity contribution in [1.29, 1.82) is 0 Å². The minimum atomic E-state index is 0.129. The van der Waals surface area contributed by atoms with Crippen LogP contribution in [0.25, 0.3) is 10.8 Å². The van der Waals surface area contributed by atoms with E-state index >= 15 is 0 Å². The molecule has 0 aliphatic rings. The monoisotopic (exact) mass is 244 g/mol. The molecule has 1 N–H and O–H groups in total. The zero-order valence-electron chi connectivity index (χ0n) is 11.4. The fourth-order valence-corrected chi connectivity index (χ4v) is 1.88. The van der Waals surface area contributed by atoms with Gasteiger partial charge >= 0.3 is 0 Å². The SMILES string of the molecule is CC(C)Nc1ccc2ccnc(OC(C)C)c2c1. The third kappa shape index (κ3) is 2.92. The quantitative estimate of drug-likeness (QED) is 0.887. The molecule has 18 heavy (non-hydrogen) atoms. The highest BCUT2D eigenvalue weighted by Gasteiger charge is 2.06. The van der Waals surface area contributed by atoms with Gasteiger partial charge in [0.25, 0.3) is 0 Å². The third-order valence-electron chi connectivity index (χ3n) is 2.53. The van der Waals surface area contributed by atoms with Gasteiger partial charge in [-0.2, -0.15) is 0 Å². The number of hydrogen-bond donors (Lipinski definition) is 1. The lowest BCUT2D eigenvalue weighted by Crippen LogP contribution is -2.10. The maximum Gasteiger partial charge on any atom is 0.221 e. The van der Waals surface area contributed by atoms with Crippen LogP contribution >= 0.6 is 0 Å². The van der Waals surface area contributed by atoms with Crippen molar-refractivity contribution in [2.75, 3.05) is 5.32 Å². The molecular weight excluding hydrogens is 224 g/mol. The number of ether oxygens (including phenoxy) is 1. The van der Waals surface area contributed by atoms with E-state index in [0.29, 0.717) is 11.9 Å². The first-order valence-corrected chi connectivity index (χ1v) is 6.38. The summed E-state index contributed by atoms with van der Waals surface area (Å²) >= 11 is 0. The second-order valence-electron chi connectivity index (χ2n) is 5.02. The number of anilines is 1. The van der Waals surface area contributed by atoms with E-state index in [2.05, 4.69) is 42.3 Å². The Balaban J connectivity index is 2.44. The lowest BCUT2D eigenvalue weighted by molar-refractivity contribution is 0.236. The molecule has 3 heteroatoms. The van der Waals surface area contributed by atoms with Gasteiger partial charge in [0.15, 0.2) is 0 Å². The summed E-state index contributed by atoms with van der Waals surface area (Å²) in [7, 11) is 0. The largest absolute Gasteiger partial charge is 0.475 e. The van der Waals surface area contributed by atoms with Crippen molar-refractivity contribution in [2.45, 2.75) is 39.8 Å². The molecule has 1 heterocycles. The van der Waals surface area contributed by atoms with Gasteiger partial charge in [-0.05, 0) is 51.3 Å². The molecular formula is C15H20N2O. The Morgan fingerprint density at radius 1 is 1.11 bits per heavy atom. The summed E-state index contributed by atoms with van der Waals surface area (Å²) in [6, 6.07) is 8.69. The maximum absolute atomic E-state index is 5.75. The van der Waals surface area contributed by atoms with Crippen molar-refractivity contribution >= 4 is 16.5 Å². The normalized spacial score (nSPS) is 11.2. The van der Waals surface area contributed by atoms with Crippen LogP contribution in [0.3, 0.4) is 0 Å². The van der Waals surface area contributed by atoms with Gasteiger partial charge in [-0.3, -0.25) is 0 Å². The highest BCUT2D eigenvalue weighted by Crippen LogP contribution is 2.27. The van der Waals surface area contributed by atoms with E-state index in [0.717, 1.165) is 16.5 Å². The number of nitrogens with zero attached hydrogens (tertiary/aromatic N) is 1. The van der Waals surface area contributed by atoms with Crippen LogP contribution in [0.2, 0.25) is 0 Å². The summed E-state index contributed by atoms with van der Waals surface area (Å²) in [4.78, 5) is 4.32. The molecule has 96 valence electrons. The predicted octanol–water partition coefficient (Wildman–Crippen LogP) is 3.84. The summed E-state index contributed by atoms with van der Waals surface area (Å²) < 4.78 is 5.75. The maximum atomic E-state index is 5.75. The Hall–Kier alpha value is -1.77. The minimum Gasteiger partial charge on any atom is -0.475 e. The standard InChI is InChI=1S/C15H20N2O/c1-10(2)17-13-6-5-12-7-8-16-15(14(12)9-13)18-11(3)4/h5-11,17H,1-4H3. The molecule has 0 aliphatic heterocycles. The van der Waals surface area contributed by atoms with Crippen LogP contribution in [0.15, 0.2) is 30.5 Å². The van der Waals surface area contributed by atoms with E-state index in [-0.39, 0.29) is 6.10 Å².